The SMILES string of the molecule is O=C(Cc1cccc2ccccc12)NC(=S)Nc1ccc(-c2nc3ccccc3o2)cc1. The standard InChI is InChI=1S/C26H19N3O2S/c30-24(16-19-8-5-7-17-6-1-2-9-21(17)19)29-26(32)27-20-14-12-18(13-15-20)25-28-22-10-3-4-11-23(22)31-25/h1-15H,16H2,(H2,27,29,30,32). The number of para-hydroxylation sites is 2. The molecule has 0 radical (unpaired) electrons. The highest BCUT2D eigenvalue weighted by Gasteiger charge is 2.10. The predicted octanol–water partition coefficient (Wildman–Crippen LogP) is 5.70. The number of hydrogen-bond acceptors (Lipinski definition) is 4. The Morgan fingerprint density at radius 2 is 1.62 bits per heavy atom. The monoisotopic (exact) mass is 437 g/mol. The van der Waals surface area contributed by atoms with Crippen LogP contribution in [0, 0.1) is 0 Å². The van der Waals surface area contributed by atoms with E-state index in [9.17, 15) is 4.79 Å². The van der Waals surface area contributed by atoms with Crippen LogP contribution in [0.1, 0.15) is 5.56 Å². The van der Waals surface area contributed by atoms with E-state index in [-0.39, 0.29) is 17.4 Å². The van der Waals surface area contributed by atoms with Crippen molar-refractivity contribution in [3.8, 4) is 11.5 Å². The smallest absolute Gasteiger partial charge is 0.230 e. The van der Waals surface area contributed by atoms with Crippen molar-refractivity contribution in [2.24, 2.45) is 0 Å². The zero-order valence-electron chi connectivity index (χ0n) is 17.0. The molecule has 5 rings (SSSR count). The van der Waals surface area contributed by atoms with Crippen LogP contribution in [0.25, 0.3) is 33.3 Å². The summed E-state index contributed by atoms with van der Waals surface area (Å²) in [6, 6.07) is 29.1. The Hall–Kier alpha value is -4.03. The fourth-order valence-corrected chi connectivity index (χ4v) is 3.88. The molecule has 1 amide bonds. The first kappa shape index (κ1) is 19.9. The van der Waals surface area contributed by atoms with E-state index in [0.717, 1.165) is 38.7 Å². The van der Waals surface area contributed by atoms with Crippen molar-refractivity contribution >= 4 is 50.8 Å². The summed E-state index contributed by atoms with van der Waals surface area (Å²) in [5, 5.41) is 8.24. The van der Waals surface area contributed by atoms with Crippen molar-refractivity contribution in [2.45, 2.75) is 6.42 Å². The first-order chi connectivity index (χ1) is 15.7. The molecular formula is C26H19N3O2S. The lowest BCUT2D eigenvalue weighted by Crippen LogP contribution is -2.35. The van der Waals surface area contributed by atoms with Gasteiger partial charge in [0, 0.05) is 11.3 Å². The number of amides is 1. The van der Waals surface area contributed by atoms with Gasteiger partial charge in [0.2, 0.25) is 11.8 Å². The van der Waals surface area contributed by atoms with Gasteiger partial charge in [0.05, 0.1) is 6.42 Å². The van der Waals surface area contributed by atoms with Gasteiger partial charge in [-0.1, -0.05) is 54.6 Å². The molecule has 0 saturated carbocycles. The maximum atomic E-state index is 12.5. The molecular weight excluding hydrogens is 418 g/mol. The lowest BCUT2D eigenvalue weighted by Gasteiger charge is -2.11. The van der Waals surface area contributed by atoms with E-state index in [1.165, 1.54) is 0 Å². The van der Waals surface area contributed by atoms with Gasteiger partial charge < -0.3 is 15.1 Å². The fraction of sp³-hybridized carbons (Fsp3) is 0.0385. The minimum Gasteiger partial charge on any atom is -0.436 e. The van der Waals surface area contributed by atoms with E-state index in [4.69, 9.17) is 16.6 Å². The number of nitrogens with zero attached hydrogens (tertiary/aromatic N) is 1. The largest absolute Gasteiger partial charge is 0.436 e. The predicted molar refractivity (Wildman–Crippen MR) is 131 cm³/mol. The van der Waals surface area contributed by atoms with Crippen molar-refractivity contribution in [1.29, 1.82) is 0 Å². The Morgan fingerprint density at radius 1 is 0.875 bits per heavy atom. The summed E-state index contributed by atoms with van der Waals surface area (Å²) in [5.74, 6) is 0.394. The van der Waals surface area contributed by atoms with Crippen molar-refractivity contribution in [2.75, 3.05) is 5.32 Å². The molecule has 1 heterocycles. The average molecular weight is 438 g/mol. The zero-order chi connectivity index (χ0) is 21.9. The van der Waals surface area contributed by atoms with E-state index >= 15 is 0 Å². The highest BCUT2D eigenvalue weighted by molar-refractivity contribution is 7.80. The summed E-state index contributed by atoms with van der Waals surface area (Å²) in [4.78, 5) is 17.0. The Bertz CT molecular complexity index is 1400. The van der Waals surface area contributed by atoms with Crippen LogP contribution in [0.2, 0.25) is 0 Å². The van der Waals surface area contributed by atoms with Crippen LogP contribution in [-0.4, -0.2) is 16.0 Å². The van der Waals surface area contributed by atoms with Gasteiger partial charge in [-0.05, 0) is 65.0 Å². The summed E-state index contributed by atoms with van der Waals surface area (Å²) in [5.41, 5.74) is 4.16. The highest BCUT2D eigenvalue weighted by Crippen LogP contribution is 2.25. The second-order valence-electron chi connectivity index (χ2n) is 7.38. The first-order valence-electron chi connectivity index (χ1n) is 10.2. The second-order valence-corrected chi connectivity index (χ2v) is 7.79. The van der Waals surface area contributed by atoms with Crippen molar-refractivity contribution in [1.82, 2.24) is 10.3 Å². The van der Waals surface area contributed by atoms with E-state index in [2.05, 4.69) is 15.6 Å². The van der Waals surface area contributed by atoms with Crippen LogP contribution >= 0.6 is 12.2 Å². The van der Waals surface area contributed by atoms with Crippen LogP contribution in [0.15, 0.2) is 95.4 Å². The number of aromatic nitrogens is 1. The summed E-state index contributed by atoms with van der Waals surface area (Å²) >= 11 is 5.32. The molecule has 0 saturated heterocycles. The van der Waals surface area contributed by atoms with Crippen LogP contribution in [0.4, 0.5) is 5.69 Å². The van der Waals surface area contributed by atoms with Crippen molar-refractivity contribution < 1.29 is 9.21 Å². The molecule has 5 nitrogen and oxygen atoms in total. The van der Waals surface area contributed by atoms with Crippen LogP contribution in [0.3, 0.4) is 0 Å². The Kier molecular flexibility index (Phi) is 5.35. The lowest BCUT2D eigenvalue weighted by atomic mass is 10.0. The third-order valence-electron chi connectivity index (χ3n) is 5.17. The number of rotatable bonds is 4. The minimum atomic E-state index is -0.165. The number of hydrogen-bond donors (Lipinski definition) is 2. The molecule has 0 bridgehead atoms. The molecule has 0 aliphatic rings. The summed E-state index contributed by atoms with van der Waals surface area (Å²) in [6.45, 7) is 0. The third-order valence-corrected chi connectivity index (χ3v) is 5.37. The topological polar surface area (TPSA) is 67.2 Å². The molecule has 156 valence electrons. The molecule has 0 aliphatic carbocycles. The minimum absolute atomic E-state index is 0.165. The second kappa shape index (κ2) is 8.61. The average Bonchev–Trinajstić information content (AvgIpc) is 3.24. The lowest BCUT2D eigenvalue weighted by molar-refractivity contribution is -0.119. The van der Waals surface area contributed by atoms with Crippen molar-refractivity contribution in [3.63, 3.8) is 0 Å². The van der Waals surface area contributed by atoms with Gasteiger partial charge in [0.1, 0.15) is 5.52 Å². The van der Waals surface area contributed by atoms with E-state index < -0.39 is 0 Å². The van der Waals surface area contributed by atoms with Gasteiger partial charge in [-0.3, -0.25) is 4.79 Å². The number of benzene rings is 4. The normalized spacial score (nSPS) is 10.9. The number of fused-ring (bicyclic) bond motifs is 2. The highest BCUT2D eigenvalue weighted by atomic mass is 32.1. The number of nitrogens with one attached hydrogen (secondary N) is 2. The fourth-order valence-electron chi connectivity index (χ4n) is 3.64. The van der Waals surface area contributed by atoms with Gasteiger partial charge in [-0.2, -0.15) is 0 Å². The maximum Gasteiger partial charge on any atom is 0.230 e. The van der Waals surface area contributed by atoms with E-state index in [0.29, 0.717) is 5.89 Å². The van der Waals surface area contributed by atoms with Crippen molar-refractivity contribution in [3.05, 3.63) is 96.6 Å². The third kappa shape index (κ3) is 4.22. The van der Waals surface area contributed by atoms with Gasteiger partial charge in [-0.15, -0.1) is 0 Å². The molecule has 0 unspecified atom stereocenters. The number of carbonyl (C=O) groups excluding carboxylic acids is 1. The van der Waals surface area contributed by atoms with Crippen LogP contribution < -0.4 is 10.6 Å². The van der Waals surface area contributed by atoms with Gasteiger partial charge >= 0.3 is 0 Å². The summed E-state index contributed by atoms with van der Waals surface area (Å²) in [6.07, 6.45) is 0.250. The van der Waals surface area contributed by atoms with Gasteiger partial charge in [0.25, 0.3) is 0 Å². The summed E-state index contributed by atoms with van der Waals surface area (Å²) in [7, 11) is 0. The molecule has 6 heteroatoms. The Labute approximate surface area is 190 Å². The van der Waals surface area contributed by atoms with Gasteiger partial charge in [-0.25, -0.2) is 4.98 Å². The first-order valence-corrected chi connectivity index (χ1v) is 10.6. The van der Waals surface area contributed by atoms with Gasteiger partial charge in [0.15, 0.2) is 10.7 Å². The Balaban J connectivity index is 1.22. The number of carbonyl (C=O) groups is 1. The zero-order valence-corrected chi connectivity index (χ0v) is 17.9. The molecule has 32 heavy (non-hydrogen) atoms. The number of oxazole rings is 1. The van der Waals surface area contributed by atoms with Crippen LogP contribution in [-0.2, 0) is 11.2 Å². The molecule has 0 aliphatic heterocycles. The van der Waals surface area contributed by atoms with E-state index in [1.54, 1.807) is 0 Å². The number of thiocarbonyl (C=S) groups is 1. The molecule has 4 aromatic carbocycles. The molecule has 1 aromatic heterocycles. The molecule has 0 spiro atoms. The molecule has 0 atom stereocenters. The molecule has 5 aromatic rings. The summed E-state index contributed by atoms with van der Waals surface area (Å²) < 4.78 is 5.80. The Morgan fingerprint density at radius 3 is 2.47 bits per heavy atom. The quantitative estimate of drug-likeness (QED) is 0.353. The molecule has 2 N–H and O–H groups in total. The molecule has 0 fully saturated rings. The van der Waals surface area contributed by atoms with Crippen LogP contribution in [0.5, 0.6) is 0 Å². The van der Waals surface area contributed by atoms with E-state index in [1.807, 2.05) is 91.0 Å². The number of anilines is 1. The maximum absolute atomic E-state index is 12.5.